The first-order chi connectivity index (χ1) is 7.13. The summed E-state index contributed by atoms with van der Waals surface area (Å²) in [6.07, 6.45) is 0. The third-order valence-electron chi connectivity index (χ3n) is 2.11. The zero-order valence-electron chi connectivity index (χ0n) is 7.84. The number of nitrogens with zero attached hydrogens (tertiary/aromatic N) is 2. The van der Waals surface area contributed by atoms with Crippen LogP contribution in [0.25, 0.3) is 10.9 Å². The molecule has 15 heavy (non-hydrogen) atoms. The molecule has 0 fully saturated rings. The first-order valence-electron chi connectivity index (χ1n) is 4.27. The fraction of sp³-hybridized carbons (Fsp3) is 0. The average Bonchev–Trinajstić information content (AvgIpc) is 2.55. The van der Waals surface area contributed by atoms with Gasteiger partial charge in [-0.15, -0.1) is 0 Å². The summed E-state index contributed by atoms with van der Waals surface area (Å²) >= 11 is -1.40. The van der Waals surface area contributed by atoms with Gasteiger partial charge in [-0.25, -0.2) is 0 Å². The molecule has 0 saturated carbocycles. The van der Waals surface area contributed by atoms with Gasteiger partial charge in [0, 0.05) is 0 Å². The molecule has 0 saturated heterocycles. The van der Waals surface area contributed by atoms with Crippen LogP contribution in [0.2, 0.25) is 0 Å². The molecule has 0 amide bonds. The van der Waals surface area contributed by atoms with Gasteiger partial charge in [0.2, 0.25) is 0 Å². The Kier molecular flexibility index (Phi) is 2.72. The summed E-state index contributed by atoms with van der Waals surface area (Å²) in [7, 11) is 5.62. The molecule has 0 aliphatic heterocycles. The molecule has 0 unspecified atom stereocenters. The van der Waals surface area contributed by atoms with Gasteiger partial charge in [0.05, 0.1) is 0 Å². The summed E-state index contributed by atoms with van der Waals surface area (Å²) in [6, 6.07) is 5.18. The summed E-state index contributed by atoms with van der Waals surface area (Å²) in [5.74, 6) is -1.02. The van der Waals surface area contributed by atoms with Crippen molar-refractivity contribution >= 4 is 58.3 Å². The van der Waals surface area contributed by atoms with Gasteiger partial charge in [-0.2, -0.15) is 0 Å². The summed E-state index contributed by atoms with van der Waals surface area (Å²) < 4.78 is 5.63. The molecule has 0 bridgehead atoms. The Bertz CT molecular complexity index is 564. The quantitative estimate of drug-likeness (QED) is 0.700. The van der Waals surface area contributed by atoms with Crippen molar-refractivity contribution in [3.8, 4) is 0 Å². The Balaban J connectivity index is 2.87. The Labute approximate surface area is 99.4 Å². The van der Waals surface area contributed by atoms with E-state index in [1.807, 2.05) is 0 Å². The molecule has 0 atom stereocenters. The summed E-state index contributed by atoms with van der Waals surface area (Å²) in [4.78, 5) is 10.9. The van der Waals surface area contributed by atoms with Crippen LogP contribution in [0.15, 0.2) is 18.2 Å². The number of carbonyl (C=O) groups is 1. The zero-order valence-corrected chi connectivity index (χ0v) is 12.3. The van der Waals surface area contributed by atoms with E-state index < -0.39 is 30.0 Å². The van der Waals surface area contributed by atoms with Gasteiger partial charge in [0.25, 0.3) is 0 Å². The first-order valence-corrected chi connectivity index (χ1v) is 9.45. The van der Waals surface area contributed by atoms with E-state index in [1.165, 1.54) is 0 Å². The number of carboxylic acid groups (broad SMARTS) is 1. The first kappa shape index (κ1) is 10.5. The molecule has 0 aliphatic rings. The molecular weight excluding hydrogens is 383 g/mol. The van der Waals surface area contributed by atoms with E-state index >= 15 is 0 Å². The van der Waals surface area contributed by atoms with E-state index in [2.05, 4.69) is 9.16 Å². The van der Waals surface area contributed by atoms with Gasteiger partial charge in [-0.1, -0.05) is 0 Å². The molecule has 2 aromatic rings. The summed E-state index contributed by atoms with van der Waals surface area (Å²) in [5.41, 5.74) is 1.44. The molecule has 2 radical (unpaired) electrons. The molecule has 2 rings (SSSR count). The Morgan fingerprint density at radius 1 is 1.60 bits per heavy atom. The van der Waals surface area contributed by atoms with Gasteiger partial charge in [-0.05, 0) is 0 Å². The summed E-state index contributed by atoms with van der Waals surface area (Å²) in [6.45, 7) is 0. The maximum absolute atomic E-state index is 10.9. The fourth-order valence-electron chi connectivity index (χ4n) is 1.46. The minimum atomic E-state index is -1.40. The molecule has 4 nitrogen and oxygen atoms in total. The Morgan fingerprint density at radius 2 is 2.33 bits per heavy atom. The zero-order chi connectivity index (χ0) is 11.0. The fourth-order valence-corrected chi connectivity index (χ4v) is 3.86. The van der Waals surface area contributed by atoms with E-state index in [4.69, 9.17) is 13.0 Å². The van der Waals surface area contributed by atoms with Crippen molar-refractivity contribution in [1.82, 2.24) is 7.59 Å². The van der Waals surface area contributed by atoms with E-state index in [9.17, 15) is 4.79 Å². The number of hydrogen-bond donors (Lipinski definition) is 1. The van der Waals surface area contributed by atoms with Crippen LogP contribution in [-0.4, -0.2) is 54.6 Å². The molecular formula is C9H6BN2O2Tl. The van der Waals surface area contributed by atoms with Crippen LogP contribution in [0.4, 0.5) is 0 Å². The van der Waals surface area contributed by atoms with Crippen LogP contribution >= 0.6 is 0 Å². The van der Waals surface area contributed by atoms with Crippen molar-refractivity contribution < 1.29 is 9.90 Å². The van der Waals surface area contributed by atoms with Gasteiger partial charge >= 0.3 is 99.7 Å². The molecule has 70 valence electrons. The Hall–Kier alpha value is -0.983. The number of benzene rings is 1. The van der Waals surface area contributed by atoms with Crippen molar-refractivity contribution in [3.63, 3.8) is 0 Å². The van der Waals surface area contributed by atoms with Crippen LogP contribution in [0.3, 0.4) is 0 Å². The molecule has 0 spiro atoms. The normalized spacial score (nSPS) is 10.1. The van der Waals surface area contributed by atoms with Crippen LogP contribution in [0, 0.1) is 0 Å². The number of aromatic nitrogens is 2. The molecule has 1 heterocycles. The second-order valence-electron chi connectivity index (χ2n) is 3.06. The van der Waals surface area contributed by atoms with Gasteiger partial charge in [-0.3, -0.25) is 0 Å². The topological polar surface area (TPSA) is 55.1 Å². The number of aromatic carboxylic acids is 1. The standard InChI is InChI=1S/C8H5BN2O2.CH2.Tl/c9-4-1-2-6-5(3-4)7(8(12)13)11-10-6;;/h1-3H,(H2,10,11,12,13);1H2;/q;;+1/p-1. The molecule has 0 aliphatic carbocycles. The summed E-state index contributed by atoms with van der Waals surface area (Å²) in [5, 5.41) is 13.6. The van der Waals surface area contributed by atoms with E-state index in [0.717, 1.165) is 5.52 Å². The van der Waals surface area contributed by atoms with E-state index in [-0.39, 0.29) is 5.69 Å². The third kappa shape index (κ3) is 1.75. The predicted molar refractivity (Wildman–Crippen MR) is 60.4 cm³/mol. The predicted octanol–water partition coefficient (Wildman–Crippen LogP) is -0.572. The molecule has 1 aromatic heterocycles. The molecule has 6 heteroatoms. The number of hydrogen-bond acceptors (Lipinski definition) is 2. The Morgan fingerprint density at radius 3 is 2.93 bits per heavy atom. The SMILES string of the molecule is [B]c1ccc2c(c1)c(C(=O)O)n[n]2[Tl]=[CH2]. The van der Waals surface area contributed by atoms with Gasteiger partial charge < -0.3 is 0 Å². The molecule has 1 aromatic carbocycles. The average molecular weight is 389 g/mol. The van der Waals surface area contributed by atoms with Crippen LogP contribution in [0.1, 0.15) is 10.5 Å². The number of rotatable bonds is 2. The van der Waals surface area contributed by atoms with Crippen molar-refractivity contribution in [2.45, 2.75) is 0 Å². The third-order valence-corrected chi connectivity index (χ3v) is 4.98. The second kappa shape index (κ2) is 3.88. The van der Waals surface area contributed by atoms with Crippen molar-refractivity contribution in [1.29, 1.82) is 0 Å². The minimum absolute atomic E-state index is 0.0669. The number of fused-ring (bicyclic) bond motifs is 1. The van der Waals surface area contributed by atoms with Crippen molar-refractivity contribution in [2.24, 2.45) is 0 Å². The van der Waals surface area contributed by atoms with Gasteiger partial charge in [0.1, 0.15) is 0 Å². The molecule has 1 N–H and O–H groups in total. The van der Waals surface area contributed by atoms with E-state index in [0.29, 0.717) is 10.8 Å². The van der Waals surface area contributed by atoms with Gasteiger partial charge in [0.15, 0.2) is 0 Å². The second-order valence-corrected chi connectivity index (χ2v) is 6.38. The van der Waals surface area contributed by atoms with Crippen molar-refractivity contribution in [3.05, 3.63) is 23.9 Å². The van der Waals surface area contributed by atoms with Crippen LogP contribution in [0.5, 0.6) is 0 Å². The van der Waals surface area contributed by atoms with Crippen LogP contribution < -0.4 is 5.46 Å². The number of carboxylic acids is 1. The van der Waals surface area contributed by atoms with Crippen LogP contribution in [-0.2, 0) is 0 Å². The van der Waals surface area contributed by atoms with E-state index in [1.54, 1.807) is 20.7 Å². The monoisotopic (exact) mass is 390 g/mol. The van der Waals surface area contributed by atoms with Crippen molar-refractivity contribution in [2.75, 3.05) is 0 Å². The maximum atomic E-state index is 10.9.